The number of hydrogen-bond acceptors (Lipinski definition) is 1. The predicted molar refractivity (Wildman–Crippen MR) is 67.2 cm³/mol. The lowest BCUT2D eigenvalue weighted by Crippen LogP contribution is -2.13. The summed E-state index contributed by atoms with van der Waals surface area (Å²) in [5.74, 6) is 1.18. The first-order valence-electron chi connectivity index (χ1n) is 5.84. The van der Waals surface area contributed by atoms with Crippen LogP contribution in [-0.2, 0) is 6.42 Å². The highest BCUT2D eigenvalue weighted by atomic mass is 14.5. The van der Waals surface area contributed by atoms with Gasteiger partial charge in [-0.1, -0.05) is 39.0 Å². The van der Waals surface area contributed by atoms with E-state index < -0.39 is 0 Å². The van der Waals surface area contributed by atoms with Gasteiger partial charge in [0.1, 0.15) is 0 Å². The molecule has 1 aromatic rings. The molecule has 1 atom stereocenters. The monoisotopic (exact) mass is 205 g/mol. The highest BCUT2D eigenvalue weighted by Crippen LogP contribution is 2.20. The Morgan fingerprint density at radius 2 is 1.87 bits per heavy atom. The van der Waals surface area contributed by atoms with E-state index in [9.17, 15) is 0 Å². The Kier molecular flexibility index (Phi) is 4.34. The number of aryl methyl sites for hydroxylation is 1. The lowest BCUT2D eigenvalue weighted by molar-refractivity contribution is 0.590. The van der Waals surface area contributed by atoms with Gasteiger partial charge in [-0.15, -0.1) is 0 Å². The van der Waals surface area contributed by atoms with E-state index in [2.05, 4.69) is 45.9 Å². The van der Waals surface area contributed by atoms with Crippen molar-refractivity contribution in [2.45, 2.75) is 40.0 Å². The Bertz CT molecular complexity index is 315. The first kappa shape index (κ1) is 12.3. The molecule has 1 unspecified atom stereocenters. The van der Waals surface area contributed by atoms with Crippen LogP contribution < -0.4 is 5.73 Å². The van der Waals surface area contributed by atoms with E-state index in [0.29, 0.717) is 11.8 Å². The molecule has 0 aliphatic rings. The fourth-order valence-electron chi connectivity index (χ4n) is 1.73. The van der Waals surface area contributed by atoms with Gasteiger partial charge >= 0.3 is 0 Å². The van der Waals surface area contributed by atoms with Crippen LogP contribution in [0, 0.1) is 12.8 Å². The summed E-state index contributed by atoms with van der Waals surface area (Å²) in [7, 11) is 0. The molecule has 0 heterocycles. The molecule has 0 radical (unpaired) electrons. The Hall–Kier alpha value is -0.820. The maximum atomic E-state index is 5.67. The van der Waals surface area contributed by atoms with E-state index in [1.807, 2.05) is 0 Å². The summed E-state index contributed by atoms with van der Waals surface area (Å²) >= 11 is 0. The molecule has 0 aliphatic carbocycles. The molecule has 0 amide bonds. The van der Waals surface area contributed by atoms with Gasteiger partial charge in [0.05, 0.1) is 0 Å². The van der Waals surface area contributed by atoms with Crippen LogP contribution in [0.1, 0.15) is 43.4 Å². The molecule has 0 bridgehead atoms. The summed E-state index contributed by atoms with van der Waals surface area (Å²) in [5, 5.41) is 0. The van der Waals surface area contributed by atoms with Crippen LogP contribution in [0.15, 0.2) is 18.2 Å². The molecule has 0 aliphatic heterocycles. The quantitative estimate of drug-likeness (QED) is 0.802. The van der Waals surface area contributed by atoms with E-state index in [1.165, 1.54) is 16.7 Å². The number of benzene rings is 1. The largest absolute Gasteiger partial charge is 0.330 e. The molecule has 0 saturated heterocycles. The van der Waals surface area contributed by atoms with Crippen LogP contribution in [0.4, 0.5) is 0 Å². The molecule has 15 heavy (non-hydrogen) atoms. The van der Waals surface area contributed by atoms with Gasteiger partial charge < -0.3 is 5.73 Å². The summed E-state index contributed by atoms with van der Waals surface area (Å²) in [6.07, 6.45) is 1.10. The van der Waals surface area contributed by atoms with Crippen molar-refractivity contribution in [1.29, 1.82) is 0 Å². The molecule has 0 aromatic heterocycles. The van der Waals surface area contributed by atoms with E-state index >= 15 is 0 Å². The van der Waals surface area contributed by atoms with Gasteiger partial charge in [-0.3, -0.25) is 0 Å². The summed E-state index contributed by atoms with van der Waals surface area (Å²) < 4.78 is 0. The van der Waals surface area contributed by atoms with E-state index in [1.54, 1.807) is 0 Å². The minimum absolute atomic E-state index is 0.575. The molecule has 1 heteroatoms. The molecular weight excluding hydrogens is 182 g/mol. The van der Waals surface area contributed by atoms with Crippen molar-refractivity contribution in [2.75, 3.05) is 6.54 Å². The molecule has 1 nitrogen and oxygen atoms in total. The molecular formula is C14H23N. The van der Waals surface area contributed by atoms with Gasteiger partial charge in [0.15, 0.2) is 0 Å². The predicted octanol–water partition coefficient (Wildman–Crippen LogP) is 3.26. The Labute approximate surface area is 93.7 Å². The third-order valence-electron chi connectivity index (χ3n) is 3.01. The van der Waals surface area contributed by atoms with Crippen LogP contribution in [0.25, 0.3) is 0 Å². The molecule has 1 rings (SSSR count). The highest BCUT2D eigenvalue weighted by Gasteiger charge is 2.06. The number of rotatable bonds is 4. The summed E-state index contributed by atoms with van der Waals surface area (Å²) in [6.45, 7) is 9.64. The maximum absolute atomic E-state index is 5.67. The molecule has 0 spiro atoms. The summed E-state index contributed by atoms with van der Waals surface area (Å²) in [6, 6.07) is 6.80. The van der Waals surface area contributed by atoms with Crippen molar-refractivity contribution < 1.29 is 0 Å². The lowest BCUT2D eigenvalue weighted by atomic mass is 9.92. The lowest BCUT2D eigenvalue weighted by Gasteiger charge is -2.14. The van der Waals surface area contributed by atoms with Crippen molar-refractivity contribution in [1.82, 2.24) is 0 Å². The van der Waals surface area contributed by atoms with Gasteiger partial charge in [-0.25, -0.2) is 0 Å². The summed E-state index contributed by atoms with van der Waals surface area (Å²) in [5.41, 5.74) is 9.94. The SMILES string of the molecule is Cc1ccc(C(C)C)cc1CC(C)CN. The third kappa shape index (κ3) is 3.35. The fourth-order valence-corrected chi connectivity index (χ4v) is 1.73. The minimum Gasteiger partial charge on any atom is -0.330 e. The van der Waals surface area contributed by atoms with E-state index in [4.69, 9.17) is 5.73 Å². The van der Waals surface area contributed by atoms with Crippen LogP contribution in [-0.4, -0.2) is 6.54 Å². The fraction of sp³-hybridized carbons (Fsp3) is 0.571. The van der Waals surface area contributed by atoms with Gasteiger partial charge in [-0.05, 0) is 48.4 Å². The van der Waals surface area contributed by atoms with Crippen LogP contribution in [0.3, 0.4) is 0 Å². The second-order valence-corrected chi connectivity index (χ2v) is 4.89. The zero-order valence-corrected chi connectivity index (χ0v) is 10.4. The van der Waals surface area contributed by atoms with E-state index in [-0.39, 0.29) is 0 Å². The van der Waals surface area contributed by atoms with Crippen LogP contribution in [0.2, 0.25) is 0 Å². The first-order chi connectivity index (χ1) is 7.04. The van der Waals surface area contributed by atoms with Crippen molar-refractivity contribution >= 4 is 0 Å². The average molecular weight is 205 g/mol. The molecule has 1 aromatic carbocycles. The summed E-state index contributed by atoms with van der Waals surface area (Å²) in [4.78, 5) is 0. The Balaban J connectivity index is 2.90. The molecule has 2 N–H and O–H groups in total. The zero-order valence-electron chi connectivity index (χ0n) is 10.4. The Morgan fingerprint density at radius 1 is 1.20 bits per heavy atom. The van der Waals surface area contributed by atoms with Gasteiger partial charge in [0.2, 0.25) is 0 Å². The zero-order chi connectivity index (χ0) is 11.4. The van der Waals surface area contributed by atoms with Crippen molar-refractivity contribution in [2.24, 2.45) is 11.7 Å². The number of hydrogen-bond donors (Lipinski definition) is 1. The highest BCUT2D eigenvalue weighted by molar-refractivity contribution is 5.32. The van der Waals surface area contributed by atoms with Gasteiger partial charge in [-0.2, -0.15) is 0 Å². The minimum atomic E-state index is 0.575. The van der Waals surface area contributed by atoms with Crippen molar-refractivity contribution in [3.8, 4) is 0 Å². The number of nitrogens with two attached hydrogens (primary N) is 1. The molecule has 0 saturated carbocycles. The second kappa shape index (κ2) is 5.32. The molecule has 0 fully saturated rings. The smallest absolute Gasteiger partial charge is 0.00483 e. The van der Waals surface area contributed by atoms with Crippen LogP contribution >= 0.6 is 0 Å². The third-order valence-corrected chi connectivity index (χ3v) is 3.01. The van der Waals surface area contributed by atoms with Gasteiger partial charge in [0, 0.05) is 0 Å². The van der Waals surface area contributed by atoms with E-state index in [0.717, 1.165) is 13.0 Å². The second-order valence-electron chi connectivity index (χ2n) is 4.89. The standard InChI is InChI=1S/C14H23N/c1-10(2)13-6-5-12(4)14(8-13)7-11(3)9-15/h5-6,8,10-11H,7,9,15H2,1-4H3. The first-order valence-corrected chi connectivity index (χ1v) is 5.84. The Morgan fingerprint density at radius 3 is 2.40 bits per heavy atom. The van der Waals surface area contributed by atoms with Crippen molar-refractivity contribution in [3.63, 3.8) is 0 Å². The maximum Gasteiger partial charge on any atom is -0.00483 e. The van der Waals surface area contributed by atoms with Crippen molar-refractivity contribution in [3.05, 3.63) is 34.9 Å². The molecule has 84 valence electrons. The van der Waals surface area contributed by atoms with Crippen LogP contribution in [0.5, 0.6) is 0 Å². The van der Waals surface area contributed by atoms with Gasteiger partial charge in [0.25, 0.3) is 0 Å². The average Bonchev–Trinajstić information content (AvgIpc) is 2.20. The normalized spacial score (nSPS) is 13.2. The topological polar surface area (TPSA) is 26.0 Å².